The Kier molecular flexibility index (Phi) is 4.20. The van der Waals surface area contributed by atoms with Crippen LogP contribution in [0.2, 0.25) is 0 Å². The van der Waals surface area contributed by atoms with Gasteiger partial charge in [-0.15, -0.1) is 0 Å². The van der Waals surface area contributed by atoms with Crippen LogP contribution in [0.15, 0.2) is 18.2 Å². The number of carbonyl (C=O) groups excluding carboxylic acids is 1. The van der Waals surface area contributed by atoms with E-state index in [9.17, 15) is 9.18 Å². The summed E-state index contributed by atoms with van der Waals surface area (Å²) in [4.78, 5) is 13.6. The molecule has 0 aliphatic carbocycles. The van der Waals surface area contributed by atoms with Gasteiger partial charge in [0.15, 0.2) is 0 Å². The highest BCUT2D eigenvalue weighted by Crippen LogP contribution is 2.30. The van der Waals surface area contributed by atoms with Gasteiger partial charge in [-0.2, -0.15) is 0 Å². The number of rotatable bonds is 2. The molecule has 1 aromatic carbocycles. The molecule has 1 N–H and O–H groups in total. The Labute approximate surface area is 113 Å². The summed E-state index contributed by atoms with van der Waals surface area (Å²) in [5.41, 5.74) is 2.14. The smallest absolute Gasteiger partial charge is 0.239 e. The summed E-state index contributed by atoms with van der Waals surface area (Å²) in [6, 6.07) is 4.81. The van der Waals surface area contributed by atoms with Crippen molar-refractivity contribution < 1.29 is 9.18 Å². The summed E-state index contributed by atoms with van der Waals surface area (Å²) in [7, 11) is 3.55. The molecule has 2 unspecified atom stereocenters. The van der Waals surface area contributed by atoms with Gasteiger partial charge in [0.2, 0.25) is 5.91 Å². The van der Waals surface area contributed by atoms with E-state index < -0.39 is 0 Å². The summed E-state index contributed by atoms with van der Waals surface area (Å²) in [5, 5.41) is 3.27. The van der Waals surface area contributed by atoms with Gasteiger partial charge in [-0.3, -0.25) is 4.79 Å². The number of halogens is 1. The molecule has 1 aliphatic heterocycles. The van der Waals surface area contributed by atoms with Gasteiger partial charge in [-0.1, -0.05) is 6.07 Å². The molecule has 1 saturated heterocycles. The normalized spacial score (nSPS) is 23.2. The van der Waals surface area contributed by atoms with Crippen LogP contribution in [0, 0.1) is 12.7 Å². The first-order chi connectivity index (χ1) is 8.99. The monoisotopic (exact) mass is 264 g/mol. The number of amides is 1. The van der Waals surface area contributed by atoms with E-state index in [4.69, 9.17) is 0 Å². The molecule has 0 bridgehead atoms. The molecule has 1 aliphatic rings. The van der Waals surface area contributed by atoms with Crippen molar-refractivity contribution >= 4 is 5.91 Å². The maximum absolute atomic E-state index is 13.2. The molecule has 0 aromatic heterocycles. The maximum Gasteiger partial charge on any atom is 0.239 e. The van der Waals surface area contributed by atoms with Crippen LogP contribution >= 0.6 is 0 Å². The molecule has 1 heterocycles. The third-order valence-electron chi connectivity index (χ3n) is 3.81. The molecule has 0 spiro atoms. The van der Waals surface area contributed by atoms with Gasteiger partial charge < -0.3 is 10.2 Å². The van der Waals surface area contributed by atoms with Crippen LogP contribution in [0.3, 0.4) is 0 Å². The predicted octanol–water partition coefficient (Wildman–Crippen LogP) is 2.06. The van der Waals surface area contributed by atoms with Crippen LogP contribution < -0.4 is 5.32 Å². The van der Waals surface area contributed by atoms with Gasteiger partial charge in [0.25, 0.3) is 0 Å². The Bertz CT molecular complexity index is 473. The Morgan fingerprint density at radius 3 is 2.79 bits per heavy atom. The van der Waals surface area contributed by atoms with Gasteiger partial charge in [-0.25, -0.2) is 4.39 Å². The van der Waals surface area contributed by atoms with Crippen molar-refractivity contribution in [1.82, 2.24) is 10.2 Å². The summed E-state index contributed by atoms with van der Waals surface area (Å²) in [6.07, 6.45) is 1.77. The minimum atomic E-state index is -0.198. The van der Waals surface area contributed by atoms with E-state index in [-0.39, 0.29) is 17.8 Å². The van der Waals surface area contributed by atoms with Gasteiger partial charge in [0, 0.05) is 14.1 Å². The van der Waals surface area contributed by atoms with Crippen molar-refractivity contribution in [3.05, 3.63) is 35.1 Å². The van der Waals surface area contributed by atoms with Gasteiger partial charge in [-0.05, 0) is 55.5 Å². The van der Waals surface area contributed by atoms with Crippen LogP contribution in [0.5, 0.6) is 0 Å². The molecular formula is C15H21FN2O. The number of likely N-dealkylation sites (N-methyl/N-ethyl adjacent to an activating group) is 1. The molecule has 19 heavy (non-hydrogen) atoms. The number of hydrogen-bond acceptors (Lipinski definition) is 2. The Morgan fingerprint density at radius 2 is 2.16 bits per heavy atom. The van der Waals surface area contributed by atoms with Crippen LogP contribution in [0.4, 0.5) is 4.39 Å². The minimum absolute atomic E-state index is 0.115. The van der Waals surface area contributed by atoms with Gasteiger partial charge in [0.1, 0.15) is 5.82 Å². The Hall–Kier alpha value is -1.42. The molecule has 0 saturated carbocycles. The third kappa shape index (κ3) is 3.13. The van der Waals surface area contributed by atoms with E-state index in [1.807, 2.05) is 13.0 Å². The van der Waals surface area contributed by atoms with Crippen molar-refractivity contribution in [3.8, 4) is 0 Å². The largest absolute Gasteiger partial charge is 0.347 e. The average molecular weight is 264 g/mol. The molecule has 1 aromatic rings. The van der Waals surface area contributed by atoms with E-state index in [1.165, 1.54) is 11.6 Å². The van der Waals surface area contributed by atoms with E-state index in [1.54, 1.807) is 25.1 Å². The molecule has 104 valence electrons. The van der Waals surface area contributed by atoms with Crippen molar-refractivity contribution in [1.29, 1.82) is 0 Å². The summed E-state index contributed by atoms with van der Waals surface area (Å²) >= 11 is 0. The lowest BCUT2D eigenvalue weighted by Gasteiger charge is -2.32. The highest BCUT2D eigenvalue weighted by Gasteiger charge is 2.29. The van der Waals surface area contributed by atoms with Crippen LogP contribution in [0.1, 0.15) is 29.9 Å². The lowest BCUT2D eigenvalue weighted by atomic mass is 9.84. The van der Waals surface area contributed by atoms with Crippen LogP contribution in [0.25, 0.3) is 0 Å². The van der Waals surface area contributed by atoms with E-state index in [0.717, 1.165) is 24.9 Å². The number of carbonyl (C=O) groups is 1. The van der Waals surface area contributed by atoms with Crippen LogP contribution in [-0.2, 0) is 4.79 Å². The summed E-state index contributed by atoms with van der Waals surface area (Å²) < 4.78 is 13.2. The first-order valence-corrected chi connectivity index (χ1v) is 6.69. The first-order valence-electron chi connectivity index (χ1n) is 6.69. The number of benzene rings is 1. The zero-order valence-electron chi connectivity index (χ0n) is 11.7. The Morgan fingerprint density at radius 1 is 1.42 bits per heavy atom. The fourth-order valence-corrected chi connectivity index (χ4v) is 2.80. The van der Waals surface area contributed by atoms with E-state index >= 15 is 0 Å². The molecule has 2 atom stereocenters. The second kappa shape index (κ2) is 5.70. The van der Waals surface area contributed by atoms with Gasteiger partial charge in [0.05, 0.1) is 6.04 Å². The number of hydrogen-bond donors (Lipinski definition) is 1. The second-order valence-electron chi connectivity index (χ2n) is 5.46. The van der Waals surface area contributed by atoms with E-state index in [2.05, 4.69) is 5.32 Å². The van der Waals surface area contributed by atoms with Crippen LogP contribution in [-0.4, -0.2) is 37.5 Å². The molecular weight excluding hydrogens is 243 g/mol. The fraction of sp³-hybridized carbons (Fsp3) is 0.533. The molecule has 2 rings (SSSR count). The van der Waals surface area contributed by atoms with Crippen molar-refractivity contribution in [2.75, 3.05) is 20.6 Å². The highest BCUT2D eigenvalue weighted by molar-refractivity contribution is 5.81. The number of piperidine rings is 1. The minimum Gasteiger partial charge on any atom is -0.347 e. The number of nitrogens with zero attached hydrogens (tertiary/aromatic N) is 1. The quantitative estimate of drug-likeness (QED) is 0.886. The molecule has 4 heteroatoms. The van der Waals surface area contributed by atoms with E-state index in [0.29, 0.717) is 5.92 Å². The standard InChI is InChI=1S/C15H21FN2O/c1-10-8-12(16)4-5-13(10)11-6-7-17-14(9-11)15(19)18(2)3/h4-5,8,11,14,17H,6-7,9H2,1-3H3. The molecule has 3 nitrogen and oxygen atoms in total. The highest BCUT2D eigenvalue weighted by atomic mass is 19.1. The predicted molar refractivity (Wildman–Crippen MR) is 73.6 cm³/mol. The van der Waals surface area contributed by atoms with Gasteiger partial charge >= 0.3 is 0 Å². The average Bonchev–Trinajstić information content (AvgIpc) is 2.38. The molecule has 1 amide bonds. The zero-order chi connectivity index (χ0) is 14.0. The second-order valence-corrected chi connectivity index (χ2v) is 5.46. The topological polar surface area (TPSA) is 32.3 Å². The SMILES string of the molecule is Cc1cc(F)ccc1C1CCNC(C(=O)N(C)C)C1. The third-order valence-corrected chi connectivity index (χ3v) is 3.81. The number of aryl methyl sites for hydroxylation is 1. The Balaban J connectivity index is 2.15. The van der Waals surface area contributed by atoms with Crippen molar-refractivity contribution in [2.24, 2.45) is 0 Å². The molecule has 1 fully saturated rings. The zero-order valence-corrected chi connectivity index (χ0v) is 11.7. The first kappa shape index (κ1) is 14.0. The maximum atomic E-state index is 13.2. The molecule has 0 radical (unpaired) electrons. The lowest BCUT2D eigenvalue weighted by molar-refractivity contribution is -0.131. The lowest BCUT2D eigenvalue weighted by Crippen LogP contribution is -2.47. The fourth-order valence-electron chi connectivity index (χ4n) is 2.80. The van der Waals surface area contributed by atoms with Crippen molar-refractivity contribution in [2.45, 2.75) is 31.7 Å². The summed E-state index contributed by atoms with van der Waals surface area (Å²) in [5.74, 6) is 0.247. The summed E-state index contributed by atoms with van der Waals surface area (Å²) in [6.45, 7) is 2.76. The number of nitrogens with one attached hydrogen (secondary N) is 1. The van der Waals surface area contributed by atoms with Crippen molar-refractivity contribution in [3.63, 3.8) is 0 Å².